The average Bonchev–Trinajstić information content (AvgIpc) is 2.43. The monoisotopic (exact) mass is 325 g/mol. The largest absolute Gasteiger partial charge is 0.390 e. The lowest BCUT2D eigenvalue weighted by Gasteiger charge is -2.21. The highest BCUT2D eigenvalue weighted by atomic mass is 32.2. The van der Waals surface area contributed by atoms with Gasteiger partial charge in [0.1, 0.15) is 6.10 Å². The van der Waals surface area contributed by atoms with Crippen LogP contribution in [-0.2, 0) is 11.3 Å². The summed E-state index contributed by atoms with van der Waals surface area (Å²) in [7, 11) is 0. The normalized spacial score (nSPS) is 14.6. The molecule has 124 valence electrons. The van der Waals surface area contributed by atoms with Crippen LogP contribution in [0.25, 0.3) is 0 Å². The van der Waals surface area contributed by atoms with E-state index in [1.807, 2.05) is 24.3 Å². The number of carbonyl (C=O) groups is 1. The molecule has 0 amide bonds. The van der Waals surface area contributed by atoms with Gasteiger partial charge >= 0.3 is 0 Å². The Kier molecular flexibility index (Phi) is 7.56. The van der Waals surface area contributed by atoms with Crippen LogP contribution in [0.4, 0.5) is 0 Å². The maximum absolute atomic E-state index is 10.8. The maximum Gasteiger partial charge on any atom is 0.185 e. The molecule has 0 radical (unpaired) electrons. The van der Waals surface area contributed by atoms with Crippen molar-refractivity contribution >= 4 is 16.9 Å². The van der Waals surface area contributed by atoms with Crippen LogP contribution in [-0.4, -0.2) is 32.7 Å². The first kappa shape index (κ1) is 19.2. The van der Waals surface area contributed by atoms with Crippen LogP contribution in [0.3, 0.4) is 0 Å². The Morgan fingerprint density at radius 3 is 2.32 bits per heavy atom. The second-order valence-electron chi connectivity index (χ2n) is 6.49. The van der Waals surface area contributed by atoms with Gasteiger partial charge in [-0.25, -0.2) is 0 Å². The van der Waals surface area contributed by atoms with E-state index in [2.05, 4.69) is 26.1 Å². The van der Waals surface area contributed by atoms with Crippen LogP contribution in [0.5, 0.6) is 0 Å². The van der Waals surface area contributed by atoms with Crippen LogP contribution in [0.1, 0.15) is 51.3 Å². The van der Waals surface area contributed by atoms with Crippen LogP contribution >= 0.6 is 11.8 Å². The van der Waals surface area contributed by atoms with Gasteiger partial charge in [-0.05, 0) is 38.3 Å². The number of hydrogen-bond acceptors (Lipinski definition) is 5. The SMILES string of the molecule is CC(=O)SCCC(O)C(O)c1ccc(CNC(C)(C)C)cc1. The molecule has 0 heterocycles. The van der Waals surface area contributed by atoms with E-state index in [4.69, 9.17) is 0 Å². The zero-order chi connectivity index (χ0) is 16.8. The molecular weight excluding hydrogens is 298 g/mol. The number of aliphatic hydroxyl groups is 2. The number of benzene rings is 1. The molecule has 2 atom stereocenters. The number of thioether (sulfide) groups is 1. The first-order valence-electron chi connectivity index (χ1n) is 7.52. The first-order chi connectivity index (χ1) is 10.2. The molecule has 0 aliphatic heterocycles. The van der Waals surface area contributed by atoms with E-state index in [1.54, 1.807) is 0 Å². The Labute approximate surface area is 137 Å². The van der Waals surface area contributed by atoms with Crippen molar-refractivity contribution in [3.63, 3.8) is 0 Å². The maximum atomic E-state index is 10.8. The van der Waals surface area contributed by atoms with Crippen molar-refractivity contribution in [3.8, 4) is 0 Å². The van der Waals surface area contributed by atoms with Gasteiger partial charge in [0.05, 0.1) is 6.10 Å². The highest BCUT2D eigenvalue weighted by molar-refractivity contribution is 8.13. The molecule has 5 heteroatoms. The molecule has 0 aromatic heterocycles. The lowest BCUT2D eigenvalue weighted by atomic mass is 10.0. The van der Waals surface area contributed by atoms with E-state index in [-0.39, 0.29) is 10.7 Å². The Balaban J connectivity index is 2.52. The van der Waals surface area contributed by atoms with Crippen molar-refractivity contribution in [2.75, 3.05) is 5.75 Å². The Bertz CT molecular complexity index is 468. The lowest BCUT2D eigenvalue weighted by molar-refractivity contribution is -0.109. The minimum atomic E-state index is -0.919. The van der Waals surface area contributed by atoms with Gasteiger partial charge in [0.2, 0.25) is 0 Å². The van der Waals surface area contributed by atoms with Gasteiger partial charge < -0.3 is 15.5 Å². The third-order valence-electron chi connectivity index (χ3n) is 3.23. The molecule has 0 aliphatic carbocycles. The molecule has 1 aromatic rings. The first-order valence-corrected chi connectivity index (χ1v) is 8.51. The second kappa shape index (κ2) is 8.67. The van der Waals surface area contributed by atoms with Gasteiger partial charge in [0, 0.05) is 24.8 Å². The van der Waals surface area contributed by atoms with E-state index < -0.39 is 12.2 Å². The molecule has 1 aromatic carbocycles. The van der Waals surface area contributed by atoms with E-state index in [0.717, 1.165) is 12.1 Å². The molecule has 0 spiro atoms. The minimum Gasteiger partial charge on any atom is -0.390 e. The van der Waals surface area contributed by atoms with Crippen molar-refractivity contribution in [3.05, 3.63) is 35.4 Å². The summed E-state index contributed by atoms with van der Waals surface area (Å²) in [6, 6.07) is 7.58. The minimum absolute atomic E-state index is 0.0254. The number of rotatable bonds is 7. The standard InChI is InChI=1S/C17H27NO3S/c1-12(19)22-10-9-15(20)16(21)14-7-5-13(6-8-14)11-18-17(2,3)4/h5-8,15-16,18,20-21H,9-11H2,1-4H3. The number of aliphatic hydroxyl groups excluding tert-OH is 2. The van der Waals surface area contributed by atoms with E-state index in [1.165, 1.54) is 18.7 Å². The summed E-state index contributed by atoms with van der Waals surface area (Å²) < 4.78 is 0. The highest BCUT2D eigenvalue weighted by Gasteiger charge is 2.18. The fraction of sp³-hybridized carbons (Fsp3) is 0.588. The summed E-state index contributed by atoms with van der Waals surface area (Å²) in [6.45, 7) is 8.59. The fourth-order valence-electron chi connectivity index (χ4n) is 1.90. The van der Waals surface area contributed by atoms with Crippen LogP contribution < -0.4 is 5.32 Å². The van der Waals surface area contributed by atoms with Crippen molar-refractivity contribution < 1.29 is 15.0 Å². The average molecular weight is 325 g/mol. The van der Waals surface area contributed by atoms with E-state index in [9.17, 15) is 15.0 Å². The van der Waals surface area contributed by atoms with Gasteiger partial charge in [-0.2, -0.15) is 0 Å². The van der Waals surface area contributed by atoms with Gasteiger partial charge in [-0.3, -0.25) is 4.79 Å². The van der Waals surface area contributed by atoms with E-state index in [0.29, 0.717) is 17.7 Å². The summed E-state index contributed by atoms with van der Waals surface area (Å²) in [5, 5.41) is 23.5. The van der Waals surface area contributed by atoms with Crippen molar-refractivity contribution in [2.45, 2.75) is 58.4 Å². The highest BCUT2D eigenvalue weighted by Crippen LogP contribution is 2.21. The van der Waals surface area contributed by atoms with Gasteiger partial charge in [0.25, 0.3) is 0 Å². The summed E-state index contributed by atoms with van der Waals surface area (Å²) in [6.07, 6.45) is -1.39. The third-order valence-corrected chi connectivity index (χ3v) is 4.07. The summed E-state index contributed by atoms with van der Waals surface area (Å²) >= 11 is 1.17. The van der Waals surface area contributed by atoms with Gasteiger partial charge in [-0.15, -0.1) is 0 Å². The molecule has 3 N–H and O–H groups in total. The van der Waals surface area contributed by atoms with Crippen molar-refractivity contribution in [2.24, 2.45) is 0 Å². The van der Waals surface area contributed by atoms with Gasteiger partial charge in [0.15, 0.2) is 5.12 Å². The van der Waals surface area contributed by atoms with Gasteiger partial charge in [-0.1, -0.05) is 36.0 Å². The molecule has 0 bridgehead atoms. The quantitative estimate of drug-likeness (QED) is 0.719. The van der Waals surface area contributed by atoms with Crippen LogP contribution in [0.15, 0.2) is 24.3 Å². The van der Waals surface area contributed by atoms with Crippen LogP contribution in [0.2, 0.25) is 0 Å². The van der Waals surface area contributed by atoms with Crippen molar-refractivity contribution in [1.29, 1.82) is 0 Å². The van der Waals surface area contributed by atoms with Crippen LogP contribution in [0, 0.1) is 0 Å². The molecule has 0 aliphatic rings. The fourth-order valence-corrected chi connectivity index (χ4v) is 2.55. The Morgan fingerprint density at radius 2 is 1.82 bits per heavy atom. The smallest absolute Gasteiger partial charge is 0.185 e. The molecule has 2 unspecified atom stereocenters. The number of hydrogen-bond donors (Lipinski definition) is 3. The number of carbonyl (C=O) groups excluding carboxylic acids is 1. The third kappa shape index (κ3) is 7.40. The number of nitrogens with one attached hydrogen (secondary N) is 1. The predicted molar refractivity (Wildman–Crippen MR) is 91.8 cm³/mol. The van der Waals surface area contributed by atoms with Crippen molar-refractivity contribution in [1.82, 2.24) is 5.32 Å². The topological polar surface area (TPSA) is 69.6 Å². The zero-order valence-corrected chi connectivity index (χ0v) is 14.6. The second-order valence-corrected chi connectivity index (χ2v) is 7.76. The molecule has 0 saturated carbocycles. The summed E-state index contributed by atoms with van der Waals surface area (Å²) in [5.74, 6) is 0.515. The molecule has 0 fully saturated rings. The Morgan fingerprint density at radius 1 is 1.23 bits per heavy atom. The summed E-state index contributed by atoms with van der Waals surface area (Å²) in [4.78, 5) is 10.8. The molecule has 4 nitrogen and oxygen atoms in total. The molecular formula is C17H27NO3S. The summed E-state index contributed by atoms with van der Waals surface area (Å²) in [5.41, 5.74) is 1.88. The van der Waals surface area contributed by atoms with E-state index >= 15 is 0 Å². The zero-order valence-electron chi connectivity index (χ0n) is 13.8. The molecule has 0 saturated heterocycles. The predicted octanol–water partition coefficient (Wildman–Crippen LogP) is 2.64. The Hall–Kier alpha value is -0.880. The lowest BCUT2D eigenvalue weighted by Crippen LogP contribution is -2.35. The molecule has 1 rings (SSSR count). The molecule has 22 heavy (non-hydrogen) atoms.